The lowest BCUT2D eigenvalue weighted by atomic mass is 9.95. The third-order valence-electron chi connectivity index (χ3n) is 3.48. The molecule has 0 spiro atoms. The Labute approximate surface area is 135 Å². The van der Waals surface area contributed by atoms with E-state index in [1.807, 2.05) is 54.6 Å². The molecule has 0 aliphatic rings. The molecule has 2 aromatic carbocycles. The Hall–Kier alpha value is -2.82. The summed E-state index contributed by atoms with van der Waals surface area (Å²) in [6.45, 7) is 0.463. The van der Waals surface area contributed by atoms with Crippen molar-refractivity contribution >= 4 is 11.8 Å². The first kappa shape index (κ1) is 16.5. The number of rotatable bonds is 8. The van der Waals surface area contributed by atoms with Crippen molar-refractivity contribution < 1.29 is 14.3 Å². The zero-order valence-electron chi connectivity index (χ0n) is 12.8. The number of carbonyl (C=O) groups excluding carboxylic acids is 2. The second-order valence-electron chi connectivity index (χ2n) is 5.40. The maximum atomic E-state index is 11.4. The molecule has 2 rings (SSSR count). The highest BCUT2D eigenvalue weighted by atomic mass is 16.5. The summed E-state index contributed by atoms with van der Waals surface area (Å²) in [4.78, 5) is 22.4. The number of amides is 2. The van der Waals surface area contributed by atoms with E-state index in [0.717, 1.165) is 11.1 Å². The van der Waals surface area contributed by atoms with Gasteiger partial charge in [-0.05, 0) is 29.7 Å². The Morgan fingerprint density at radius 1 is 0.957 bits per heavy atom. The fraction of sp³-hybridized carbons (Fsp3) is 0.222. The van der Waals surface area contributed by atoms with Gasteiger partial charge in [-0.1, -0.05) is 42.5 Å². The molecule has 0 fully saturated rings. The van der Waals surface area contributed by atoms with Crippen molar-refractivity contribution in [2.45, 2.75) is 19.4 Å². The van der Waals surface area contributed by atoms with Crippen molar-refractivity contribution in [2.75, 3.05) is 0 Å². The molecule has 2 amide bonds. The van der Waals surface area contributed by atoms with Crippen molar-refractivity contribution in [1.29, 1.82) is 0 Å². The van der Waals surface area contributed by atoms with Crippen LogP contribution in [0, 0.1) is 5.92 Å². The van der Waals surface area contributed by atoms with Gasteiger partial charge in [0.05, 0.1) is 5.92 Å². The fourth-order valence-electron chi connectivity index (χ4n) is 2.30. The van der Waals surface area contributed by atoms with Crippen LogP contribution in [0.2, 0.25) is 0 Å². The van der Waals surface area contributed by atoms with E-state index in [4.69, 9.17) is 16.2 Å². The average molecular weight is 312 g/mol. The van der Waals surface area contributed by atoms with Gasteiger partial charge in [-0.3, -0.25) is 9.59 Å². The Morgan fingerprint density at radius 3 is 2.30 bits per heavy atom. The topological polar surface area (TPSA) is 95.4 Å². The van der Waals surface area contributed by atoms with E-state index in [0.29, 0.717) is 18.8 Å². The molecule has 0 radical (unpaired) electrons. The van der Waals surface area contributed by atoms with E-state index >= 15 is 0 Å². The highest BCUT2D eigenvalue weighted by molar-refractivity contribution is 5.84. The molecule has 0 heterocycles. The molecule has 1 atom stereocenters. The summed E-state index contributed by atoms with van der Waals surface area (Å²) in [6.07, 6.45) is 0.311. The zero-order valence-corrected chi connectivity index (χ0v) is 12.8. The molecule has 0 bridgehead atoms. The number of ether oxygens (including phenoxy) is 1. The molecule has 5 heteroatoms. The lowest BCUT2D eigenvalue weighted by Crippen LogP contribution is -2.29. The quantitative estimate of drug-likeness (QED) is 0.777. The summed E-state index contributed by atoms with van der Waals surface area (Å²) in [5.74, 6) is -0.963. The second-order valence-corrected chi connectivity index (χ2v) is 5.40. The van der Waals surface area contributed by atoms with Crippen LogP contribution >= 0.6 is 0 Å². The predicted octanol–water partition coefficient (Wildman–Crippen LogP) is 1.78. The Kier molecular flexibility index (Phi) is 5.74. The summed E-state index contributed by atoms with van der Waals surface area (Å²) in [5, 5.41) is 0. The Balaban J connectivity index is 2.01. The molecule has 5 nitrogen and oxygen atoms in total. The van der Waals surface area contributed by atoms with E-state index in [9.17, 15) is 9.59 Å². The Morgan fingerprint density at radius 2 is 1.65 bits per heavy atom. The normalized spacial score (nSPS) is 11.7. The molecule has 0 saturated heterocycles. The molecule has 0 aromatic heterocycles. The zero-order chi connectivity index (χ0) is 16.7. The lowest BCUT2D eigenvalue weighted by molar-refractivity contribution is -0.126. The number of carbonyl (C=O) groups is 2. The lowest BCUT2D eigenvalue weighted by Gasteiger charge is -2.13. The molecule has 4 N–H and O–H groups in total. The minimum Gasteiger partial charge on any atom is -0.489 e. The van der Waals surface area contributed by atoms with E-state index < -0.39 is 17.7 Å². The summed E-state index contributed by atoms with van der Waals surface area (Å²) in [6, 6.07) is 17.2. The van der Waals surface area contributed by atoms with E-state index in [1.165, 1.54) is 0 Å². The van der Waals surface area contributed by atoms with Crippen LogP contribution in [0.3, 0.4) is 0 Å². The summed E-state index contributed by atoms with van der Waals surface area (Å²) in [7, 11) is 0. The average Bonchev–Trinajstić information content (AvgIpc) is 2.53. The van der Waals surface area contributed by atoms with Crippen molar-refractivity contribution in [3.8, 4) is 5.75 Å². The van der Waals surface area contributed by atoms with Gasteiger partial charge in [0.2, 0.25) is 11.8 Å². The molecular formula is C18H20N2O3. The minimum absolute atomic E-state index is 0.0512. The molecule has 0 aliphatic carbocycles. The van der Waals surface area contributed by atoms with Crippen LogP contribution in [0.5, 0.6) is 5.75 Å². The van der Waals surface area contributed by atoms with Crippen LogP contribution in [-0.2, 0) is 22.6 Å². The van der Waals surface area contributed by atoms with Gasteiger partial charge < -0.3 is 16.2 Å². The standard InChI is InChI=1S/C18H20N2O3/c19-17(21)11-15(18(20)22)9-14-7-4-8-16(10-14)23-12-13-5-2-1-3-6-13/h1-8,10,15H,9,11-12H2,(H2,19,21)(H2,20,22). The molecular weight excluding hydrogens is 292 g/mol. The van der Waals surface area contributed by atoms with Crippen LogP contribution in [0.1, 0.15) is 17.5 Å². The molecule has 23 heavy (non-hydrogen) atoms. The van der Waals surface area contributed by atoms with Gasteiger partial charge >= 0.3 is 0 Å². The third-order valence-corrected chi connectivity index (χ3v) is 3.48. The molecule has 1 unspecified atom stereocenters. The maximum Gasteiger partial charge on any atom is 0.221 e. The molecule has 0 aliphatic heterocycles. The van der Waals surface area contributed by atoms with Crippen LogP contribution < -0.4 is 16.2 Å². The van der Waals surface area contributed by atoms with Crippen LogP contribution in [0.15, 0.2) is 54.6 Å². The maximum absolute atomic E-state index is 11.4. The monoisotopic (exact) mass is 312 g/mol. The third kappa shape index (κ3) is 5.47. The van der Waals surface area contributed by atoms with Crippen LogP contribution in [0.4, 0.5) is 0 Å². The largest absolute Gasteiger partial charge is 0.489 e. The summed E-state index contributed by atoms with van der Waals surface area (Å²) in [5.41, 5.74) is 12.4. The van der Waals surface area contributed by atoms with E-state index in [-0.39, 0.29) is 6.42 Å². The van der Waals surface area contributed by atoms with Gasteiger partial charge in [0.15, 0.2) is 0 Å². The first-order chi connectivity index (χ1) is 11.0. The van der Waals surface area contributed by atoms with E-state index in [2.05, 4.69) is 0 Å². The first-order valence-corrected chi connectivity index (χ1v) is 7.38. The predicted molar refractivity (Wildman–Crippen MR) is 87.4 cm³/mol. The van der Waals surface area contributed by atoms with Crippen LogP contribution in [-0.4, -0.2) is 11.8 Å². The second kappa shape index (κ2) is 7.98. The smallest absolute Gasteiger partial charge is 0.221 e. The van der Waals surface area contributed by atoms with E-state index in [1.54, 1.807) is 0 Å². The minimum atomic E-state index is -0.600. The van der Waals surface area contributed by atoms with Gasteiger partial charge in [-0.15, -0.1) is 0 Å². The first-order valence-electron chi connectivity index (χ1n) is 7.38. The highest BCUT2D eigenvalue weighted by Gasteiger charge is 2.18. The summed E-state index contributed by atoms with van der Waals surface area (Å²) >= 11 is 0. The van der Waals surface area contributed by atoms with Gasteiger partial charge in [-0.2, -0.15) is 0 Å². The SMILES string of the molecule is NC(=O)CC(Cc1cccc(OCc2ccccc2)c1)C(N)=O. The van der Waals surface area contributed by atoms with Gasteiger partial charge in [0.25, 0.3) is 0 Å². The number of hydrogen-bond acceptors (Lipinski definition) is 3. The van der Waals surface area contributed by atoms with Crippen molar-refractivity contribution in [2.24, 2.45) is 17.4 Å². The molecule has 2 aromatic rings. The number of hydrogen-bond donors (Lipinski definition) is 2. The van der Waals surface area contributed by atoms with Crippen molar-refractivity contribution in [3.05, 3.63) is 65.7 Å². The summed E-state index contributed by atoms with van der Waals surface area (Å²) < 4.78 is 5.75. The molecule has 120 valence electrons. The number of primary amides is 2. The fourth-order valence-corrected chi connectivity index (χ4v) is 2.30. The van der Waals surface area contributed by atoms with Gasteiger partial charge in [-0.25, -0.2) is 0 Å². The number of benzene rings is 2. The van der Waals surface area contributed by atoms with Crippen molar-refractivity contribution in [3.63, 3.8) is 0 Å². The molecule has 0 saturated carbocycles. The van der Waals surface area contributed by atoms with Gasteiger partial charge in [0, 0.05) is 6.42 Å². The van der Waals surface area contributed by atoms with Crippen LogP contribution in [0.25, 0.3) is 0 Å². The van der Waals surface area contributed by atoms with Gasteiger partial charge in [0.1, 0.15) is 12.4 Å². The Bertz CT molecular complexity index is 671. The van der Waals surface area contributed by atoms with Crippen molar-refractivity contribution in [1.82, 2.24) is 0 Å². The number of nitrogens with two attached hydrogens (primary N) is 2. The highest BCUT2D eigenvalue weighted by Crippen LogP contribution is 2.19.